The molecule has 2 aromatic rings. The molecule has 1 heterocycles. The van der Waals surface area contributed by atoms with Crippen LogP contribution in [0, 0.1) is 0 Å². The fraction of sp³-hybridized carbons (Fsp3) is 0.150. The van der Waals surface area contributed by atoms with Gasteiger partial charge in [-0.1, -0.05) is 71.4 Å². The SMILES string of the molecule is O=C(O)CCCN1C(=O)/C(=C/c2cccc(-c3ccc(Cl)cc3Cl)c2)SC1=S. The van der Waals surface area contributed by atoms with Crippen molar-refractivity contribution < 1.29 is 14.7 Å². The summed E-state index contributed by atoms with van der Waals surface area (Å²) < 4.78 is 0.443. The summed E-state index contributed by atoms with van der Waals surface area (Å²) in [6.07, 6.45) is 2.14. The number of carboxylic acid groups (broad SMARTS) is 1. The van der Waals surface area contributed by atoms with E-state index >= 15 is 0 Å². The van der Waals surface area contributed by atoms with Gasteiger partial charge >= 0.3 is 5.97 Å². The van der Waals surface area contributed by atoms with Gasteiger partial charge in [0.2, 0.25) is 0 Å². The Morgan fingerprint density at radius 1 is 1.21 bits per heavy atom. The third kappa shape index (κ3) is 4.94. The van der Waals surface area contributed by atoms with Crippen molar-refractivity contribution in [1.82, 2.24) is 4.90 Å². The van der Waals surface area contributed by atoms with Crippen molar-refractivity contribution in [3.63, 3.8) is 0 Å². The Balaban J connectivity index is 1.81. The lowest BCUT2D eigenvalue weighted by Gasteiger charge is -2.13. The number of thioether (sulfide) groups is 1. The smallest absolute Gasteiger partial charge is 0.303 e. The normalized spacial score (nSPS) is 15.5. The molecule has 0 aromatic heterocycles. The number of benzene rings is 2. The minimum Gasteiger partial charge on any atom is -0.481 e. The number of halogens is 2. The van der Waals surface area contributed by atoms with Gasteiger partial charge in [0.05, 0.1) is 4.91 Å². The highest BCUT2D eigenvalue weighted by Crippen LogP contribution is 2.34. The average Bonchev–Trinajstić information content (AvgIpc) is 2.89. The van der Waals surface area contributed by atoms with Gasteiger partial charge in [0.1, 0.15) is 4.32 Å². The molecule has 1 amide bonds. The van der Waals surface area contributed by atoms with E-state index in [1.807, 2.05) is 30.3 Å². The first-order valence-electron chi connectivity index (χ1n) is 8.38. The molecule has 1 N–H and O–H groups in total. The van der Waals surface area contributed by atoms with Crippen LogP contribution < -0.4 is 0 Å². The maximum atomic E-state index is 12.6. The van der Waals surface area contributed by atoms with Gasteiger partial charge in [0, 0.05) is 28.6 Å². The number of nitrogens with zero attached hydrogens (tertiary/aromatic N) is 1. The van der Waals surface area contributed by atoms with Gasteiger partial charge in [-0.25, -0.2) is 0 Å². The van der Waals surface area contributed by atoms with E-state index in [4.69, 9.17) is 40.5 Å². The zero-order valence-corrected chi connectivity index (χ0v) is 17.7. The van der Waals surface area contributed by atoms with Gasteiger partial charge in [-0.15, -0.1) is 0 Å². The number of carboxylic acids is 1. The van der Waals surface area contributed by atoms with Crippen molar-refractivity contribution in [1.29, 1.82) is 0 Å². The van der Waals surface area contributed by atoms with Crippen molar-refractivity contribution in [3.05, 3.63) is 63.0 Å². The summed E-state index contributed by atoms with van der Waals surface area (Å²) in [6, 6.07) is 13.0. The highest BCUT2D eigenvalue weighted by atomic mass is 35.5. The second-order valence-corrected chi connectivity index (χ2v) is 8.60. The van der Waals surface area contributed by atoms with Crippen LogP contribution in [0.3, 0.4) is 0 Å². The van der Waals surface area contributed by atoms with Gasteiger partial charge in [0.15, 0.2) is 0 Å². The standard InChI is InChI=1S/C20H15Cl2NO3S2/c21-14-6-7-15(16(22)11-14)13-4-1-3-12(9-13)10-17-19(26)23(20(27)28-17)8-2-5-18(24)25/h1,3-4,6-7,9-11H,2,5,8H2,(H,24,25)/b17-10-. The van der Waals surface area contributed by atoms with Crippen LogP contribution in [-0.4, -0.2) is 32.7 Å². The van der Waals surface area contributed by atoms with Crippen LogP contribution >= 0.6 is 47.2 Å². The molecule has 0 aliphatic carbocycles. The van der Waals surface area contributed by atoms with Crippen molar-refractivity contribution >= 4 is 69.5 Å². The molecule has 28 heavy (non-hydrogen) atoms. The molecule has 4 nitrogen and oxygen atoms in total. The monoisotopic (exact) mass is 451 g/mol. The molecule has 0 saturated carbocycles. The minimum atomic E-state index is -0.890. The molecule has 3 rings (SSSR count). The Bertz CT molecular complexity index is 991. The highest BCUT2D eigenvalue weighted by Gasteiger charge is 2.31. The molecule has 144 valence electrons. The number of carbonyl (C=O) groups excluding carboxylic acids is 1. The molecule has 2 aromatic carbocycles. The van der Waals surface area contributed by atoms with Crippen LogP contribution in [0.4, 0.5) is 0 Å². The van der Waals surface area contributed by atoms with Crippen LogP contribution in [-0.2, 0) is 9.59 Å². The number of aliphatic carboxylic acids is 1. The third-order valence-corrected chi connectivity index (χ3v) is 6.00. The molecule has 1 saturated heterocycles. The van der Waals surface area contributed by atoms with Crippen molar-refractivity contribution in [2.75, 3.05) is 6.54 Å². The summed E-state index contributed by atoms with van der Waals surface area (Å²) in [4.78, 5) is 25.2. The number of hydrogen-bond acceptors (Lipinski definition) is 4. The molecule has 0 unspecified atom stereocenters. The van der Waals surface area contributed by atoms with Gasteiger partial charge in [-0.3, -0.25) is 14.5 Å². The molecule has 8 heteroatoms. The van der Waals surface area contributed by atoms with Crippen LogP contribution in [0.25, 0.3) is 17.2 Å². The predicted octanol–water partition coefficient (Wildman–Crippen LogP) is 5.73. The molecule has 0 atom stereocenters. The summed E-state index contributed by atoms with van der Waals surface area (Å²) in [5.74, 6) is -1.09. The number of amides is 1. The average molecular weight is 452 g/mol. The van der Waals surface area contributed by atoms with E-state index in [-0.39, 0.29) is 12.3 Å². The first kappa shape index (κ1) is 20.9. The molecule has 0 bridgehead atoms. The van der Waals surface area contributed by atoms with Gasteiger partial charge in [-0.2, -0.15) is 0 Å². The van der Waals surface area contributed by atoms with Crippen LogP contribution in [0.15, 0.2) is 47.4 Å². The summed E-state index contributed by atoms with van der Waals surface area (Å²) in [5, 5.41) is 9.87. The summed E-state index contributed by atoms with van der Waals surface area (Å²) >= 11 is 18.7. The molecular weight excluding hydrogens is 437 g/mol. The molecule has 1 aliphatic rings. The first-order chi connectivity index (χ1) is 13.3. The lowest BCUT2D eigenvalue weighted by molar-refractivity contribution is -0.137. The summed E-state index contributed by atoms with van der Waals surface area (Å²) in [5.41, 5.74) is 2.60. The Labute approximate surface area is 182 Å². The number of rotatable bonds is 6. The Kier molecular flexibility index (Phi) is 6.78. The van der Waals surface area contributed by atoms with Gasteiger partial charge in [0.25, 0.3) is 5.91 Å². The molecule has 1 fully saturated rings. The van der Waals surface area contributed by atoms with E-state index in [1.54, 1.807) is 18.2 Å². The van der Waals surface area contributed by atoms with E-state index in [0.29, 0.717) is 32.2 Å². The van der Waals surface area contributed by atoms with Crippen LogP contribution in [0.2, 0.25) is 10.0 Å². The third-order valence-electron chi connectivity index (χ3n) is 4.07. The van der Waals surface area contributed by atoms with Crippen LogP contribution in [0.5, 0.6) is 0 Å². The van der Waals surface area contributed by atoms with Gasteiger partial charge < -0.3 is 5.11 Å². The number of hydrogen-bond donors (Lipinski definition) is 1. The van der Waals surface area contributed by atoms with E-state index in [1.165, 1.54) is 16.7 Å². The number of thiocarbonyl (C=S) groups is 1. The van der Waals surface area contributed by atoms with Crippen molar-refractivity contribution in [3.8, 4) is 11.1 Å². The summed E-state index contributed by atoms with van der Waals surface area (Å²) in [7, 11) is 0. The number of carbonyl (C=O) groups is 2. The lowest BCUT2D eigenvalue weighted by Crippen LogP contribution is -2.29. The quantitative estimate of drug-likeness (QED) is 0.448. The molecule has 0 spiro atoms. The Morgan fingerprint density at radius 3 is 2.71 bits per heavy atom. The van der Waals surface area contributed by atoms with Crippen molar-refractivity contribution in [2.45, 2.75) is 12.8 Å². The Morgan fingerprint density at radius 2 is 2.00 bits per heavy atom. The highest BCUT2D eigenvalue weighted by molar-refractivity contribution is 8.26. The Hall–Kier alpha value is -1.86. The molecule has 1 aliphatic heterocycles. The molecule has 0 radical (unpaired) electrons. The minimum absolute atomic E-state index is 0.00000437. The van der Waals surface area contributed by atoms with E-state index in [2.05, 4.69) is 0 Å². The van der Waals surface area contributed by atoms with E-state index < -0.39 is 5.97 Å². The van der Waals surface area contributed by atoms with E-state index in [0.717, 1.165) is 16.7 Å². The second-order valence-electron chi connectivity index (χ2n) is 6.08. The largest absolute Gasteiger partial charge is 0.481 e. The topological polar surface area (TPSA) is 57.6 Å². The maximum absolute atomic E-state index is 12.6. The van der Waals surface area contributed by atoms with Crippen LogP contribution in [0.1, 0.15) is 18.4 Å². The zero-order chi connectivity index (χ0) is 20.3. The first-order valence-corrected chi connectivity index (χ1v) is 10.4. The van der Waals surface area contributed by atoms with Gasteiger partial charge in [-0.05, 0) is 41.8 Å². The second kappa shape index (κ2) is 9.09. The molecular formula is C20H15Cl2NO3S2. The zero-order valence-electron chi connectivity index (χ0n) is 14.5. The lowest BCUT2D eigenvalue weighted by atomic mass is 10.0. The van der Waals surface area contributed by atoms with Crippen molar-refractivity contribution in [2.24, 2.45) is 0 Å². The fourth-order valence-corrected chi connectivity index (χ4v) is 4.58. The maximum Gasteiger partial charge on any atom is 0.303 e. The summed E-state index contributed by atoms with van der Waals surface area (Å²) in [6.45, 7) is 0.300. The fourth-order valence-electron chi connectivity index (χ4n) is 2.75. The van der Waals surface area contributed by atoms with E-state index in [9.17, 15) is 9.59 Å². The predicted molar refractivity (Wildman–Crippen MR) is 119 cm³/mol.